The highest BCUT2D eigenvalue weighted by atomic mass is 16.6. The van der Waals surface area contributed by atoms with Crippen LogP contribution in [0.2, 0.25) is 0 Å². The normalized spacial score (nSPS) is 9.71. The van der Waals surface area contributed by atoms with Crippen LogP contribution in [0.5, 0.6) is 0 Å². The Balaban J connectivity index is 2.83. The minimum Gasteiger partial charge on any atom is -0.259 e. The van der Waals surface area contributed by atoms with Crippen molar-refractivity contribution >= 4 is 11.8 Å². The van der Waals surface area contributed by atoms with E-state index in [1.54, 1.807) is 24.3 Å². The zero-order chi connectivity index (χ0) is 10.4. The Morgan fingerprint density at radius 1 is 1.43 bits per heavy atom. The van der Waals surface area contributed by atoms with Crippen LogP contribution in [0.1, 0.15) is 5.56 Å². The van der Waals surface area contributed by atoms with Crippen molar-refractivity contribution in [2.24, 2.45) is 5.11 Å². The van der Waals surface area contributed by atoms with E-state index in [4.69, 9.17) is 5.53 Å². The summed E-state index contributed by atoms with van der Waals surface area (Å²) in [5, 5.41) is 13.4. The minimum absolute atomic E-state index is 0.478. The summed E-state index contributed by atoms with van der Waals surface area (Å²) in [7, 11) is 0. The molecule has 70 valence electrons. The molecule has 0 aliphatic heterocycles. The van der Waals surface area contributed by atoms with Gasteiger partial charge in [0.1, 0.15) is 0 Å². The second-order valence-electron chi connectivity index (χ2n) is 2.38. The number of benzene rings is 1. The maximum Gasteiger partial charge on any atom is 0.235 e. The zero-order valence-electron chi connectivity index (χ0n) is 7.07. The van der Waals surface area contributed by atoms with Crippen molar-refractivity contribution in [2.45, 2.75) is 0 Å². The standard InChI is InChI=1S/C8H6N4O2/c9-11-10-8-3-1-7(2-4-8)5-6-12(13)14/h1-6H/b6-5+. The topological polar surface area (TPSA) is 91.9 Å². The lowest BCUT2D eigenvalue weighted by molar-refractivity contribution is -0.400. The molecular formula is C8H6N4O2. The van der Waals surface area contributed by atoms with Gasteiger partial charge in [-0.1, -0.05) is 29.4 Å². The predicted octanol–water partition coefficient (Wildman–Crippen LogP) is 2.88. The summed E-state index contributed by atoms with van der Waals surface area (Å²) in [6.45, 7) is 0. The van der Waals surface area contributed by atoms with Crippen molar-refractivity contribution in [2.75, 3.05) is 0 Å². The van der Waals surface area contributed by atoms with E-state index in [0.717, 1.165) is 6.20 Å². The van der Waals surface area contributed by atoms with Crippen LogP contribution in [0, 0.1) is 10.1 Å². The highest BCUT2D eigenvalue weighted by molar-refractivity contribution is 5.52. The van der Waals surface area contributed by atoms with Crippen LogP contribution in [-0.4, -0.2) is 4.92 Å². The van der Waals surface area contributed by atoms with Gasteiger partial charge in [0.25, 0.3) is 0 Å². The molecule has 0 unspecified atom stereocenters. The molecule has 0 spiro atoms. The van der Waals surface area contributed by atoms with Gasteiger partial charge in [-0.05, 0) is 11.1 Å². The number of hydrogen-bond acceptors (Lipinski definition) is 3. The fourth-order valence-electron chi connectivity index (χ4n) is 0.851. The molecule has 0 aliphatic carbocycles. The Kier molecular flexibility index (Phi) is 3.23. The van der Waals surface area contributed by atoms with Crippen LogP contribution in [0.3, 0.4) is 0 Å². The molecule has 1 aromatic carbocycles. The van der Waals surface area contributed by atoms with Gasteiger partial charge in [-0.3, -0.25) is 10.1 Å². The fraction of sp³-hybridized carbons (Fsp3) is 0. The zero-order valence-corrected chi connectivity index (χ0v) is 7.07. The van der Waals surface area contributed by atoms with E-state index < -0.39 is 4.92 Å². The van der Waals surface area contributed by atoms with E-state index in [-0.39, 0.29) is 0 Å². The molecule has 0 aromatic heterocycles. The Labute approximate surface area is 79.3 Å². The summed E-state index contributed by atoms with van der Waals surface area (Å²) in [4.78, 5) is 12.1. The molecule has 6 heteroatoms. The number of nitrogens with zero attached hydrogens (tertiary/aromatic N) is 4. The van der Waals surface area contributed by atoms with Gasteiger partial charge < -0.3 is 0 Å². The summed E-state index contributed by atoms with van der Waals surface area (Å²) in [6.07, 6.45) is 2.21. The van der Waals surface area contributed by atoms with Crippen molar-refractivity contribution in [1.29, 1.82) is 0 Å². The Bertz CT molecular complexity index is 404. The van der Waals surface area contributed by atoms with Gasteiger partial charge in [0.2, 0.25) is 6.20 Å². The van der Waals surface area contributed by atoms with Gasteiger partial charge in [0, 0.05) is 16.7 Å². The first-order chi connectivity index (χ1) is 6.72. The largest absolute Gasteiger partial charge is 0.259 e. The molecule has 0 saturated heterocycles. The molecule has 0 N–H and O–H groups in total. The van der Waals surface area contributed by atoms with E-state index in [9.17, 15) is 10.1 Å². The second kappa shape index (κ2) is 4.64. The first-order valence-corrected chi connectivity index (χ1v) is 3.69. The third-order valence-corrected chi connectivity index (χ3v) is 1.44. The van der Waals surface area contributed by atoms with Gasteiger partial charge in [0.15, 0.2) is 0 Å². The highest BCUT2D eigenvalue weighted by Crippen LogP contribution is 2.13. The van der Waals surface area contributed by atoms with Crippen LogP contribution in [-0.2, 0) is 0 Å². The molecule has 6 nitrogen and oxygen atoms in total. The molecule has 0 amide bonds. The van der Waals surface area contributed by atoms with E-state index in [1.165, 1.54) is 6.08 Å². The summed E-state index contributed by atoms with van der Waals surface area (Å²) < 4.78 is 0. The third-order valence-electron chi connectivity index (χ3n) is 1.44. The molecule has 0 aliphatic rings. The van der Waals surface area contributed by atoms with Crippen molar-refractivity contribution in [1.82, 2.24) is 0 Å². The van der Waals surface area contributed by atoms with Crippen LogP contribution < -0.4 is 0 Å². The molecule has 0 heterocycles. The van der Waals surface area contributed by atoms with Gasteiger partial charge in [0.05, 0.1) is 4.92 Å². The number of azide groups is 1. The van der Waals surface area contributed by atoms with Crippen molar-refractivity contribution in [3.63, 3.8) is 0 Å². The van der Waals surface area contributed by atoms with E-state index in [2.05, 4.69) is 10.0 Å². The lowest BCUT2D eigenvalue weighted by atomic mass is 10.2. The minimum atomic E-state index is -0.540. The summed E-state index contributed by atoms with van der Waals surface area (Å²) in [5.41, 5.74) is 9.28. The molecule has 0 fully saturated rings. The van der Waals surface area contributed by atoms with Crippen molar-refractivity contribution in [3.05, 3.63) is 56.6 Å². The molecule has 0 atom stereocenters. The fourth-order valence-corrected chi connectivity index (χ4v) is 0.851. The van der Waals surface area contributed by atoms with E-state index in [0.29, 0.717) is 11.3 Å². The van der Waals surface area contributed by atoms with E-state index in [1.807, 2.05) is 0 Å². The molecule has 1 rings (SSSR count). The van der Waals surface area contributed by atoms with Crippen LogP contribution >= 0.6 is 0 Å². The molecule has 0 saturated carbocycles. The van der Waals surface area contributed by atoms with Crippen LogP contribution in [0.15, 0.2) is 35.6 Å². The van der Waals surface area contributed by atoms with Gasteiger partial charge >= 0.3 is 0 Å². The number of nitro groups is 1. The number of hydrogen-bond donors (Lipinski definition) is 0. The summed E-state index contributed by atoms with van der Waals surface area (Å²) in [6, 6.07) is 6.42. The predicted molar refractivity (Wildman–Crippen MR) is 51.3 cm³/mol. The highest BCUT2D eigenvalue weighted by Gasteiger charge is 1.90. The molecule has 0 bridgehead atoms. The maximum absolute atomic E-state index is 9.99. The van der Waals surface area contributed by atoms with Gasteiger partial charge in [-0.2, -0.15) is 0 Å². The van der Waals surface area contributed by atoms with Crippen molar-refractivity contribution < 1.29 is 4.92 Å². The van der Waals surface area contributed by atoms with E-state index >= 15 is 0 Å². The third kappa shape index (κ3) is 2.96. The lowest BCUT2D eigenvalue weighted by Crippen LogP contribution is -1.81. The van der Waals surface area contributed by atoms with Crippen LogP contribution in [0.4, 0.5) is 5.69 Å². The smallest absolute Gasteiger partial charge is 0.235 e. The Hall–Kier alpha value is -2.33. The monoisotopic (exact) mass is 190 g/mol. The average molecular weight is 190 g/mol. The lowest BCUT2D eigenvalue weighted by Gasteiger charge is -1.92. The first-order valence-electron chi connectivity index (χ1n) is 3.69. The molecular weight excluding hydrogens is 184 g/mol. The van der Waals surface area contributed by atoms with Gasteiger partial charge in [-0.25, -0.2) is 0 Å². The summed E-state index contributed by atoms with van der Waals surface area (Å²) in [5.74, 6) is 0. The molecule has 14 heavy (non-hydrogen) atoms. The maximum atomic E-state index is 9.99. The second-order valence-corrected chi connectivity index (χ2v) is 2.38. The average Bonchev–Trinajstić information content (AvgIpc) is 2.17. The van der Waals surface area contributed by atoms with Gasteiger partial charge in [-0.15, -0.1) is 0 Å². The Morgan fingerprint density at radius 2 is 2.07 bits per heavy atom. The Morgan fingerprint density at radius 3 is 2.57 bits per heavy atom. The van der Waals surface area contributed by atoms with Crippen LogP contribution in [0.25, 0.3) is 16.5 Å². The molecule has 1 aromatic rings. The molecule has 0 radical (unpaired) electrons. The quantitative estimate of drug-likeness (QED) is 0.241. The van der Waals surface area contributed by atoms with Crippen molar-refractivity contribution in [3.8, 4) is 0 Å². The first kappa shape index (κ1) is 9.76. The number of rotatable bonds is 3. The summed E-state index contributed by atoms with van der Waals surface area (Å²) >= 11 is 0. The SMILES string of the molecule is [N-]=[N+]=Nc1ccc(/C=C/[N+](=O)[O-])cc1.